The zero-order valence-electron chi connectivity index (χ0n) is 10.8. The number of anilines is 1. The highest BCUT2D eigenvalue weighted by molar-refractivity contribution is 7.80. The van der Waals surface area contributed by atoms with Crippen LogP contribution < -0.4 is 10.2 Å². The van der Waals surface area contributed by atoms with Crippen LogP contribution in [0.3, 0.4) is 0 Å². The second kappa shape index (κ2) is 5.91. The monoisotopic (exact) mass is 350 g/mol. The molecule has 1 fully saturated rings. The number of amides is 2. The molecule has 0 radical (unpaired) electrons. The van der Waals surface area contributed by atoms with E-state index in [0.717, 1.165) is 11.5 Å². The average molecular weight is 351 g/mol. The van der Waals surface area contributed by atoms with E-state index in [9.17, 15) is 9.59 Å². The Kier molecular flexibility index (Phi) is 3.97. The molecular formula is C13H7ClN4O2S2. The second-order valence-electron chi connectivity index (χ2n) is 4.26. The third-order valence-electron chi connectivity index (χ3n) is 2.86. The van der Waals surface area contributed by atoms with Gasteiger partial charge in [0.15, 0.2) is 5.11 Å². The summed E-state index contributed by atoms with van der Waals surface area (Å²) >= 11 is 12.0. The summed E-state index contributed by atoms with van der Waals surface area (Å²) in [5.41, 5.74) is 0.894. The Balaban J connectivity index is 2.01. The molecular weight excluding hydrogens is 344 g/mol. The molecule has 1 aliphatic rings. The Morgan fingerprint density at radius 3 is 2.64 bits per heavy atom. The first kappa shape index (κ1) is 14.8. The fourth-order valence-corrected chi connectivity index (χ4v) is 2.68. The van der Waals surface area contributed by atoms with E-state index in [0.29, 0.717) is 16.4 Å². The minimum absolute atomic E-state index is 0.0193. The quantitative estimate of drug-likeness (QED) is 0.509. The van der Waals surface area contributed by atoms with Crippen LogP contribution in [0.2, 0.25) is 5.02 Å². The van der Waals surface area contributed by atoms with E-state index < -0.39 is 11.8 Å². The van der Waals surface area contributed by atoms with E-state index in [1.807, 2.05) is 0 Å². The van der Waals surface area contributed by atoms with Gasteiger partial charge in [-0.05, 0) is 54.1 Å². The lowest BCUT2D eigenvalue weighted by molar-refractivity contribution is -0.122. The standard InChI is InChI=1S/C13H7ClN4O2S2/c14-7-1-3-9(4-2-7)18-12(20)10(11(19)15-13(18)21)5-8-6-22-17-16-8/h1-6H,(H,15,19,21). The molecule has 1 aromatic heterocycles. The van der Waals surface area contributed by atoms with Crippen LogP contribution in [0.1, 0.15) is 5.69 Å². The van der Waals surface area contributed by atoms with Crippen molar-refractivity contribution in [3.05, 3.63) is 45.9 Å². The lowest BCUT2D eigenvalue weighted by Crippen LogP contribution is -2.54. The van der Waals surface area contributed by atoms with Gasteiger partial charge in [0, 0.05) is 10.4 Å². The minimum Gasteiger partial charge on any atom is -0.298 e. The fraction of sp³-hybridized carbons (Fsp3) is 0. The molecule has 0 bridgehead atoms. The van der Waals surface area contributed by atoms with Crippen molar-refractivity contribution < 1.29 is 9.59 Å². The molecule has 1 N–H and O–H groups in total. The predicted octanol–water partition coefficient (Wildman–Crippen LogP) is 2.02. The van der Waals surface area contributed by atoms with Gasteiger partial charge >= 0.3 is 0 Å². The summed E-state index contributed by atoms with van der Waals surface area (Å²) in [5, 5.41) is 8.47. The minimum atomic E-state index is -0.562. The molecule has 0 unspecified atom stereocenters. The molecule has 1 aliphatic heterocycles. The number of hydrogen-bond acceptors (Lipinski definition) is 6. The van der Waals surface area contributed by atoms with Gasteiger partial charge in [0.2, 0.25) is 0 Å². The summed E-state index contributed by atoms with van der Waals surface area (Å²) in [6, 6.07) is 6.56. The summed E-state index contributed by atoms with van der Waals surface area (Å²) in [6.45, 7) is 0. The van der Waals surface area contributed by atoms with Gasteiger partial charge in [0.1, 0.15) is 5.57 Å². The molecule has 0 atom stereocenters. The normalized spacial score (nSPS) is 17.0. The van der Waals surface area contributed by atoms with Crippen LogP contribution in [0.15, 0.2) is 35.2 Å². The number of carbonyl (C=O) groups is 2. The number of benzene rings is 1. The smallest absolute Gasteiger partial charge is 0.270 e. The molecule has 22 heavy (non-hydrogen) atoms. The number of hydrogen-bond donors (Lipinski definition) is 1. The molecule has 0 spiro atoms. The zero-order valence-corrected chi connectivity index (χ0v) is 13.2. The Morgan fingerprint density at radius 1 is 1.27 bits per heavy atom. The van der Waals surface area contributed by atoms with Crippen molar-refractivity contribution in [2.75, 3.05) is 4.90 Å². The Morgan fingerprint density at radius 2 is 2.00 bits per heavy atom. The SMILES string of the molecule is O=C1NC(=S)N(c2ccc(Cl)cc2)C(=O)C1=Cc1csnn1. The first-order chi connectivity index (χ1) is 10.6. The van der Waals surface area contributed by atoms with E-state index in [1.165, 1.54) is 11.0 Å². The van der Waals surface area contributed by atoms with Gasteiger partial charge in [-0.1, -0.05) is 16.1 Å². The molecule has 6 nitrogen and oxygen atoms in total. The van der Waals surface area contributed by atoms with Crippen molar-refractivity contribution in [3.63, 3.8) is 0 Å². The average Bonchev–Trinajstić information content (AvgIpc) is 2.98. The highest BCUT2D eigenvalue weighted by Crippen LogP contribution is 2.23. The van der Waals surface area contributed by atoms with Gasteiger partial charge < -0.3 is 0 Å². The van der Waals surface area contributed by atoms with Crippen LogP contribution in [0.25, 0.3) is 6.08 Å². The Bertz CT molecular complexity index is 787. The fourth-order valence-electron chi connectivity index (χ4n) is 1.86. The van der Waals surface area contributed by atoms with Crippen molar-refractivity contribution >= 4 is 64.0 Å². The van der Waals surface area contributed by atoms with Crippen LogP contribution in [0.5, 0.6) is 0 Å². The molecule has 0 aliphatic carbocycles. The van der Waals surface area contributed by atoms with Gasteiger partial charge in [0.25, 0.3) is 11.8 Å². The first-order valence-corrected chi connectivity index (χ1v) is 7.62. The van der Waals surface area contributed by atoms with Crippen LogP contribution >= 0.6 is 35.4 Å². The van der Waals surface area contributed by atoms with Crippen molar-refractivity contribution in [2.45, 2.75) is 0 Å². The number of aromatic nitrogens is 2. The van der Waals surface area contributed by atoms with Gasteiger partial charge in [0.05, 0.1) is 11.4 Å². The molecule has 3 rings (SSSR count). The summed E-state index contributed by atoms with van der Waals surface area (Å²) in [4.78, 5) is 25.8. The number of halogens is 1. The highest BCUT2D eigenvalue weighted by atomic mass is 35.5. The van der Waals surface area contributed by atoms with E-state index in [1.54, 1.807) is 29.6 Å². The molecule has 110 valence electrons. The summed E-state index contributed by atoms with van der Waals surface area (Å²) < 4.78 is 3.69. The van der Waals surface area contributed by atoms with E-state index >= 15 is 0 Å². The van der Waals surface area contributed by atoms with Crippen LogP contribution in [0, 0.1) is 0 Å². The summed E-state index contributed by atoms with van der Waals surface area (Å²) in [5.74, 6) is -1.09. The zero-order chi connectivity index (χ0) is 15.7. The topological polar surface area (TPSA) is 75.2 Å². The first-order valence-electron chi connectivity index (χ1n) is 6.00. The maximum Gasteiger partial charge on any atom is 0.270 e. The van der Waals surface area contributed by atoms with Gasteiger partial charge in [-0.2, -0.15) is 0 Å². The Labute approximate surface area is 139 Å². The maximum absolute atomic E-state index is 12.6. The van der Waals surface area contributed by atoms with Crippen molar-refractivity contribution in [3.8, 4) is 0 Å². The lowest BCUT2D eigenvalue weighted by atomic mass is 10.1. The molecule has 2 heterocycles. The number of nitrogens with one attached hydrogen (secondary N) is 1. The van der Waals surface area contributed by atoms with Crippen molar-refractivity contribution in [2.24, 2.45) is 0 Å². The maximum atomic E-state index is 12.6. The van der Waals surface area contributed by atoms with E-state index in [-0.39, 0.29) is 10.7 Å². The van der Waals surface area contributed by atoms with E-state index in [2.05, 4.69) is 14.9 Å². The van der Waals surface area contributed by atoms with Crippen LogP contribution in [-0.4, -0.2) is 26.5 Å². The third-order valence-corrected chi connectivity index (χ3v) is 3.92. The molecule has 2 amide bonds. The second-order valence-corrected chi connectivity index (χ2v) is 5.70. The summed E-state index contributed by atoms with van der Waals surface area (Å²) in [7, 11) is 0. The number of nitrogens with zero attached hydrogens (tertiary/aromatic N) is 3. The number of carbonyl (C=O) groups excluding carboxylic acids is 2. The van der Waals surface area contributed by atoms with Crippen molar-refractivity contribution in [1.29, 1.82) is 0 Å². The third kappa shape index (κ3) is 2.76. The Hall–Kier alpha value is -2.16. The predicted molar refractivity (Wildman–Crippen MR) is 87.6 cm³/mol. The molecule has 2 aromatic rings. The van der Waals surface area contributed by atoms with Crippen molar-refractivity contribution in [1.82, 2.24) is 14.9 Å². The van der Waals surface area contributed by atoms with Gasteiger partial charge in [-0.3, -0.25) is 19.8 Å². The molecule has 9 heteroatoms. The summed E-state index contributed by atoms with van der Waals surface area (Å²) in [6.07, 6.45) is 1.38. The number of thiocarbonyl (C=S) groups is 1. The molecule has 1 saturated heterocycles. The number of rotatable bonds is 2. The highest BCUT2D eigenvalue weighted by Gasteiger charge is 2.34. The molecule has 1 aromatic carbocycles. The van der Waals surface area contributed by atoms with Crippen LogP contribution in [0.4, 0.5) is 5.69 Å². The largest absolute Gasteiger partial charge is 0.298 e. The van der Waals surface area contributed by atoms with Crippen LogP contribution in [-0.2, 0) is 9.59 Å². The lowest BCUT2D eigenvalue weighted by Gasteiger charge is -2.28. The van der Waals surface area contributed by atoms with E-state index in [4.69, 9.17) is 23.8 Å². The van der Waals surface area contributed by atoms with Gasteiger partial charge in [-0.25, -0.2) is 0 Å². The molecule has 0 saturated carbocycles. The van der Waals surface area contributed by atoms with Gasteiger partial charge in [-0.15, -0.1) is 5.10 Å².